The lowest BCUT2D eigenvalue weighted by Crippen LogP contribution is -2.25. The van der Waals surface area contributed by atoms with Gasteiger partial charge in [0.05, 0.1) is 11.4 Å². The maximum absolute atomic E-state index is 11.8. The zero-order valence-corrected chi connectivity index (χ0v) is 12.1. The summed E-state index contributed by atoms with van der Waals surface area (Å²) in [6.45, 7) is 2.60. The summed E-state index contributed by atoms with van der Waals surface area (Å²) >= 11 is 5.68. The van der Waals surface area contributed by atoms with Crippen LogP contribution in [0.4, 0.5) is 0 Å². The minimum atomic E-state index is -0.152. The van der Waals surface area contributed by atoms with Gasteiger partial charge in [-0.2, -0.15) is 0 Å². The second-order valence-electron chi connectivity index (χ2n) is 5.03. The molecule has 1 N–H and O–H groups in total. The summed E-state index contributed by atoms with van der Waals surface area (Å²) in [5, 5.41) is 0. The van der Waals surface area contributed by atoms with Crippen LogP contribution in [0.15, 0.2) is 11.0 Å². The molecule has 1 aromatic heterocycles. The third-order valence-electron chi connectivity index (χ3n) is 3.73. The molecule has 1 aliphatic rings. The maximum Gasteiger partial charge on any atom is 0.255 e. The van der Waals surface area contributed by atoms with Gasteiger partial charge in [0.25, 0.3) is 5.56 Å². The van der Waals surface area contributed by atoms with Crippen LogP contribution in [0.5, 0.6) is 0 Å². The predicted molar refractivity (Wildman–Crippen MR) is 75.4 cm³/mol. The molecule has 1 heterocycles. The molecule has 1 unspecified atom stereocenters. The van der Waals surface area contributed by atoms with E-state index in [0.29, 0.717) is 23.9 Å². The van der Waals surface area contributed by atoms with E-state index < -0.39 is 0 Å². The van der Waals surface area contributed by atoms with Crippen molar-refractivity contribution in [2.75, 3.05) is 6.61 Å². The fraction of sp³-hybridized carbons (Fsp3) is 0.714. The molecular weight excluding hydrogens is 264 g/mol. The molecule has 1 fully saturated rings. The predicted octanol–water partition coefficient (Wildman–Crippen LogP) is 3.17. The van der Waals surface area contributed by atoms with Gasteiger partial charge in [0.15, 0.2) is 0 Å². The van der Waals surface area contributed by atoms with Crippen molar-refractivity contribution in [1.29, 1.82) is 0 Å². The lowest BCUT2D eigenvalue weighted by molar-refractivity contribution is -0.000370. The Hall–Kier alpha value is -0.870. The van der Waals surface area contributed by atoms with Crippen molar-refractivity contribution in [3.05, 3.63) is 27.9 Å². The topological polar surface area (TPSA) is 55.0 Å². The number of hydrogen-bond acceptors (Lipinski definition) is 3. The molecule has 0 radical (unpaired) electrons. The highest BCUT2D eigenvalue weighted by Gasteiger charge is 2.27. The van der Waals surface area contributed by atoms with Crippen molar-refractivity contribution in [1.82, 2.24) is 9.97 Å². The number of nitrogens with zero attached hydrogens (tertiary/aromatic N) is 1. The summed E-state index contributed by atoms with van der Waals surface area (Å²) in [7, 11) is 0. The van der Waals surface area contributed by atoms with E-state index in [1.165, 1.54) is 19.3 Å². The van der Waals surface area contributed by atoms with E-state index in [2.05, 4.69) is 9.97 Å². The smallest absolute Gasteiger partial charge is 0.255 e. The minimum absolute atomic E-state index is 0.0950. The number of nitrogens with one attached hydrogen (secondary N) is 1. The van der Waals surface area contributed by atoms with E-state index in [0.717, 1.165) is 12.8 Å². The molecule has 1 aliphatic carbocycles. The van der Waals surface area contributed by atoms with Crippen molar-refractivity contribution in [2.45, 2.75) is 51.0 Å². The average molecular weight is 285 g/mol. The van der Waals surface area contributed by atoms with Gasteiger partial charge in [-0.05, 0) is 25.7 Å². The van der Waals surface area contributed by atoms with Crippen LogP contribution in [0, 0.1) is 5.92 Å². The molecule has 0 spiro atoms. The Morgan fingerprint density at radius 2 is 2.21 bits per heavy atom. The van der Waals surface area contributed by atoms with Crippen LogP contribution in [0.2, 0.25) is 0 Å². The zero-order chi connectivity index (χ0) is 13.7. The summed E-state index contributed by atoms with van der Waals surface area (Å²) in [4.78, 5) is 19.0. The Morgan fingerprint density at radius 3 is 2.79 bits per heavy atom. The minimum Gasteiger partial charge on any atom is -0.370 e. The standard InChI is InChI=1S/C14H21ClN2O2/c1-2-19-12(10-6-4-3-5-7-10)13-16-9-11(8-15)14(18)17-13/h9-10,12H,2-8H2,1H3,(H,16,17,18). The van der Waals surface area contributed by atoms with Crippen molar-refractivity contribution in [3.8, 4) is 0 Å². The van der Waals surface area contributed by atoms with Crippen molar-refractivity contribution < 1.29 is 4.74 Å². The van der Waals surface area contributed by atoms with E-state index in [4.69, 9.17) is 16.3 Å². The highest BCUT2D eigenvalue weighted by atomic mass is 35.5. The van der Waals surface area contributed by atoms with Gasteiger partial charge in [-0.1, -0.05) is 19.3 Å². The lowest BCUT2D eigenvalue weighted by Gasteiger charge is -2.29. The van der Waals surface area contributed by atoms with E-state index in [9.17, 15) is 4.79 Å². The summed E-state index contributed by atoms with van der Waals surface area (Å²) in [5.74, 6) is 1.29. The van der Waals surface area contributed by atoms with Gasteiger partial charge in [0.2, 0.25) is 0 Å². The van der Waals surface area contributed by atoms with Crippen molar-refractivity contribution >= 4 is 11.6 Å². The quantitative estimate of drug-likeness (QED) is 0.845. The normalized spacial score (nSPS) is 18.4. The largest absolute Gasteiger partial charge is 0.370 e. The Labute approximate surface area is 118 Å². The lowest BCUT2D eigenvalue weighted by atomic mass is 9.85. The number of hydrogen-bond donors (Lipinski definition) is 1. The van der Waals surface area contributed by atoms with E-state index >= 15 is 0 Å². The molecule has 4 nitrogen and oxygen atoms in total. The third-order valence-corrected chi connectivity index (χ3v) is 4.02. The average Bonchev–Trinajstić information content (AvgIpc) is 2.45. The van der Waals surface area contributed by atoms with Gasteiger partial charge < -0.3 is 9.72 Å². The second-order valence-corrected chi connectivity index (χ2v) is 5.30. The maximum atomic E-state index is 11.8. The van der Waals surface area contributed by atoms with Crippen molar-refractivity contribution in [3.63, 3.8) is 0 Å². The molecule has 2 rings (SSSR count). The highest BCUT2D eigenvalue weighted by Crippen LogP contribution is 2.35. The first-order valence-electron chi connectivity index (χ1n) is 7.02. The number of aromatic amines is 1. The molecule has 0 aliphatic heterocycles. The number of aromatic nitrogens is 2. The third kappa shape index (κ3) is 3.57. The number of H-pyrrole nitrogens is 1. The molecular formula is C14H21ClN2O2. The van der Waals surface area contributed by atoms with E-state index in [1.54, 1.807) is 6.20 Å². The van der Waals surface area contributed by atoms with E-state index in [1.807, 2.05) is 6.92 Å². The fourth-order valence-corrected chi connectivity index (χ4v) is 2.92. The van der Waals surface area contributed by atoms with Crippen LogP contribution >= 0.6 is 11.6 Å². The number of rotatable bonds is 5. The Morgan fingerprint density at radius 1 is 1.47 bits per heavy atom. The first kappa shape index (κ1) is 14.5. The fourth-order valence-electron chi connectivity index (χ4n) is 2.73. The van der Waals surface area contributed by atoms with Crippen LogP contribution in [0.1, 0.15) is 56.5 Å². The molecule has 0 aromatic carbocycles. The SMILES string of the molecule is CCOC(c1ncc(CCl)c(=O)[nH]1)C1CCCCC1. The van der Waals surface area contributed by atoms with E-state index in [-0.39, 0.29) is 17.5 Å². The van der Waals surface area contributed by atoms with Gasteiger partial charge in [-0.3, -0.25) is 4.79 Å². The molecule has 5 heteroatoms. The molecule has 106 valence electrons. The van der Waals surface area contributed by atoms with Crippen molar-refractivity contribution in [2.24, 2.45) is 5.92 Å². The van der Waals surface area contributed by atoms with Crippen LogP contribution in [0.25, 0.3) is 0 Å². The van der Waals surface area contributed by atoms with Gasteiger partial charge in [0, 0.05) is 12.8 Å². The molecule has 1 atom stereocenters. The van der Waals surface area contributed by atoms with Gasteiger partial charge in [-0.15, -0.1) is 11.6 Å². The monoisotopic (exact) mass is 284 g/mol. The van der Waals surface area contributed by atoms with Crippen LogP contribution in [-0.4, -0.2) is 16.6 Å². The molecule has 0 bridgehead atoms. The summed E-state index contributed by atoms with van der Waals surface area (Å²) in [6, 6.07) is 0. The van der Waals surface area contributed by atoms with Crippen LogP contribution in [-0.2, 0) is 10.6 Å². The first-order chi connectivity index (χ1) is 9.26. The Bertz CT molecular complexity index is 455. The highest BCUT2D eigenvalue weighted by molar-refractivity contribution is 6.17. The summed E-state index contributed by atoms with van der Waals surface area (Å²) < 4.78 is 5.83. The summed E-state index contributed by atoms with van der Waals surface area (Å²) in [5.41, 5.74) is 0.352. The Balaban J connectivity index is 2.22. The number of halogens is 1. The van der Waals surface area contributed by atoms with Crippen LogP contribution < -0.4 is 5.56 Å². The molecule has 0 amide bonds. The Kier molecular flexibility index (Phi) is 5.40. The van der Waals surface area contributed by atoms with Crippen LogP contribution in [0.3, 0.4) is 0 Å². The second kappa shape index (κ2) is 7.06. The molecule has 1 aromatic rings. The molecule has 19 heavy (non-hydrogen) atoms. The van der Waals surface area contributed by atoms with Gasteiger partial charge >= 0.3 is 0 Å². The number of alkyl halides is 1. The zero-order valence-electron chi connectivity index (χ0n) is 11.3. The van der Waals surface area contributed by atoms with Gasteiger partial charge in [0.1, 0.15) is 11.9 Å². The summed E-state index contributed by atoms with van der Waals surface area (Å²) in [6.07, 6.45) is 7.52. The molecule has 1 saturated carbocycles. The number of ether oxygens (including phenoxy) is 1. The van der Waals surface area contributed by atoms with Gasteiger partial charge in [-0.25, -0.2) is 4.98 Å². The first-order valence-corrected chi connectivity index (χ1v) is 7.55. The molecule has 0 saturated heterocycles.